The van der Waals surface area contributed by atoms with E-state index in [1.54, 1.807) is 30.5 Å². The van der Waals surface area contributed by atoms with Crippen LogP contribution >= 0.6 is 11.6 Å². The molecule has 3 aromatic rings. The fourth-order valence-electron chi connectivity index (χ4n) is 11.1. The van der Waals surface area contributed by atoms with Gasteiger partial charge in [0.15, 0.2) is 5.78 Å². The molecule has 4 fully saturated rings. The molecule has 14 nitrogen and oxygen atoms in total. The number of aliphatic hydroxyl groups excluding tert-OH is 1. The zero-order valence-electron chi connectivity index (χ0n) is 40.9. The van der Waals surface area contributed by atoms with E-state index < -0.39 is 34.3 Å². The van der Waals surface area contributed by atoms with Gasteiger partial charge in [0, 0.05) is 93.7 Å². The van der Waals surface area contributed by atoms with Crippen molar-refractivity contribution in [2.45, 2.75) is 124 Å². The van der Waals surface area contributed by atoms with Crippen LogP contribution in [0.2, 0.25) is 5.02 Å². The van der Waals surface area contributed by atoms with Crippen LogP contribution in [0, 0.1) is 33.5 Å². The molecule has 68 heavy (non-hydrogen) atoms. The number of nitriles is 1. The minimum atomic E-state index is -0.823. The minimum Gasteiger partial charge on any atom is -0.489 e. The third-order valence-electron chi connectivity index (χ3n) is 14.9. The van der Waals surface area contributed by atoms with Crippen molar-refractivity contribution in [3.63, 3.8) is 0 Å². The zero-order chi connectivity index (χ0) is 49.0. The fraction of sp³-hybridized carbons (Fsp3) is 0.585. The van der Waals surface area contributed by atoms with Crippen molar-refractivity contribution >= 4 is 40.9 Å². The number of halogens is 1. The molecule has 7 rings (SSSR count). The molecule has 0 radical (unpaired) electrons. The van der Waals surface area contributed by atoms with Gasteiger partial charge < -0.3 is 35.0 Å². The van der Waals surface area contributed by atoms with Gasteiger partial charge >= 0.3 is 0 Å². The Labute approximate surface area is 407 Å². The Bertz CT molecular complexity index is 2300. The molecule has 15 heteroatoms. The van der Waals surface area contributed by atoms with Gasteiger partial charge in [-0.2, -0.15) is 5.26 Å². The lowest BCUT2D eigenvalue weighted by Crippen LogP contribution is -2.74. The summed E-state index contributed by atoms with van der Waals surface area (Å²) in [7, 11) is 0. The first-order valence-corrected chi connectivity index (χ1v) is 24.7. The number of benzene rings is 2. The molecule has 1 aromatic heterocycles. The summed E-state index contributed by atoms with van der Waals surface area (Å²) in [4.78, 5) is 65.0. The molecule has 366 valence electrons. The lowest BCUT2D eigenvalue weighted by molar-refractivity contribution is -0.164. The summed E-state index contributed by atoms with van der Waals surface area (Å²) < 4.78 is 12.2. The number of Topliss-reactive ketones (excluding diaryl/α,β-unsaturated/α-hetero) is 1. The second-order valence-corrected chi connectivity index (χ2v) is 22.0. The van der Waals surface area contributed by atoms with Crippen LogP contribution in [-0.2, 0) is 25.7 Å². The molecule has 2 saturated heterocycles. The maximum atomic E-state index is 14.1. The topological polar surface area (TPSA) is 177 Å². The monoisotopic (exact) mass is 952 g/mol. The number of piperazine rings is 1. The van der Waals surface area contributed by atoms with Gasteiger partial charge in [0.25, 0.3) is 5.91 Å². The summed E-state index contributed by atoms with van der Waals surface area (Å²) in [6.07, 6.45) is 5.70. The lowest BCUT2D eigenvalue weighted by Gasteiger charge is -2.63. The molecule has 3 amide bonds. The fourth-order valence-corrected chi connectivity index (χ4v) is 11.3. The molecule has 2 aliphatic heterocycles. The molecule has 3 heterocycles. The summed E-state index contributed by atoms with van der Waals surface area (Å²) in [6, 6.07) is 18.2. The van der Waals surface area contributed by atoms with Crippen LogP contribution in [0.5, 0.6) is 5.75 Å². The highest BCUT2D eigenvalue weighted by Crippen LogP contribution is 2.55. The molecule has 4 aliphatic rings. The number of amides is 3. The Morgan fingerprint density at radius 2 is 1.66 bits per heavy atom. The number of hydrogen-bond acceptors (Lipinski definition) is 11. The van der Waals surface area contributed by atoms with Crippen LogP contribution in [0.3, 0.4) is 0 Å². The van der Waals surface area contributed by atoms with Crippen molar-refractivity contribution in [2.24, 2.45) is 22.2 Å². The average molecular weight is 953 g/mol. The van der Waals surface area contributed by atoms with E-state index >= 15 is 0 Å². The standard InChI is InChI=1S/C53H70ClN7O7/c1-51(2,3)42(48(66)61-32-39(62)27-44(61)47(65)57-30-34-12-14-36(15-13-34)35-10-8-9-11-35)26-40(63)33-67-25-24-59-20-22-60(23-21-59)45-19-17-38(31-56-45)46(64)58-49-52(4,5)50(53(49,6)7)68-41-18-16-37(29-55)43(54)28-41/h12-19,28,31,35,39,42,44,49-50,62H,8-11,20-27,30,32-33H2,1-7H3,(H,57,65)(H,58,64)/t39-,42-,44+,49?,50?/m1/s1. The van der Waals surface area contributed by atoms with E-state index in [9.17, 15) is 29.5 Å². The Kier molecular flexibility index (Phi) is 15.9. The first-order chi connectivity index (χ1) is 32.3. The summed E-state index contributed by atoms with van der Waals surface area (Å²) in [5, 5.41) is 26.4. The third-order valence-corrected chi connectivity index (χ3v) is 15.2. The van der Waals surface area contributed by atoms with Gasteiger partial charge in [-0.3, -0.25) is 24.1 Å². The summed E-state index contributed by atoms with van der Waals surface area (Å²) in [5.41, 5.74) is 1.83. The van der Waals surface area contributed by atoms with Crippen LogP contribution in [-0.4, -0.2) is 120 Å². The number of nitrogens with zero attached hydrogens (tertiary/aromatic N) is 5. The van der Waals surface area contributed by atoms with Crippen molar-refractivity contribution in [1.82, 2.24) is 25.4 Å². The van der Waals surface area contributed by atoms with E-state index in [-0.39, 0.29) is 61.6 Å². The number of anilines is 1. The maximum Gasteiger partial charge on any atom is 0.253 e. The predicted octanol–water partition coefficient (Wildman–Crippen LogP) is 6.91. The van der Waals surface area contributed by atoms with E-state index in [4.69, 9.17) is 21.1 Å². The first kappa shape index (κ1) is 50.8. The molecule has 0 unspecified atom stereocenters. The van der Waals surface area contributed by atoms with Crippen molar-refractivity contribution in [3.8, 4) is 11.8 Å². The quantitative estimate of drug-likeness (QED) is 0.120. The van der Waals surface area contributed by atoms with Crippen molar-refractivity contribution in [2.75, 3.05) is 57.4 Å². The second-order valence-electron chi connectivity index (χ2n) is 21.6. The van der Waals surface area contributed by atoms with E-state index in [0.29, 0.717) is 47.5 Å². The van der Waals surface area contributed by atoms with Crippen LogP contribution in [0.25, 0.3) is 0 Å². The summed E-state index contributed by atoms with van der Waals surface area (Å²) >= 11 is 6.25. The number of carbonyl (C=O) groups is 4. The highest BCUT2D eigenvalue weighted by molar-refractivity contribution is 6.31. The largest absolute Gasteiger partial charge is 0.489 e. The number of carbonyl (C=O) groups excluding carboxylic acids is 4. The third kappa shape index (κ3) is 11.7. The predicted molar refractivity (Wildman–Crippen MR) is 261 cm³/mol. The number of nitrogens with one attached hydrogen (secondary N) is 2. The average Bonchev–Trinajstić information content (AvgIpc) is 4.00. The van der Waals surface area contributed by atoms with Gasteiger partial charge in [-0.15, -0.1) is 0 Å². The Morgan fingerprint density at radius 1 is 0.971 bits per heavy atom. The molecule has 3 atom stereocenters. The Hall–Kier alpha value is -5.07. The normalized spacial score (nSPS) is 23.1. The first-order valence-electron chi connectivity index (χ1n) is 24.3. The van der Waals surface area contributed by atoms with Gasteiger partial charge in [-0.25, -0.2) is 4.98 Å². The number of β-amino-alcohol motifs (C(OH)–C–C–N with tert-alkyl or cyclic N) is 1. The number of aromatic nitrogens is 1. The molecule has 3 N–H and O–H groups in total. The minimum absolute atomic E-state index is 0.0220. The van der Waals surface area contributed by atoms with Gasteiger partial charge in [0.05, 0.1) is 28.9 Å². The van der Waals surface area contributed by atoms with Gasteiger partial charge in [-0.05, 0) is 59.6 Å². The molecule has 0 bridgehead atoms. The Morgan fingerprint density at radius 3 is 2.28 bits per heavy atom. The smallest absolute Gasteiger partial charge is 0.253 e. The SMILES string of the molecule is CC1(C)C(NC(=O)c2ccc(N3CCN(CCOCC(=O)C[C@H](C(=O)N4C[C@H](O)C[C@H]4C(=O)NCc4ccc(C5CCCC5)cc4)C(C)(C)C)CC3)nc2)C(C)(C)C1Oc1ccc(C#N)c(Cl)c1. The second kappa shape index (κ2) is 21.3. The lowest BCUT2D eigenvalue weighted by atomic mass is 9.49. The van der Waals surface area contributed by atoms with E-state index in [1.165, 1.54) is 36.1 Å². The van der Waals surface area contributed by atoms with Crippen LogP contribution in [0.15, 0.2) is 60.8 Å². The number of aliphatic hydroxyl groups is 1. The molecule has 2 saturated carbocycles. The van der Waals surface area contributed by atoms with Crippen LogP contribution in [0.4, 0.5) is 5.82 Å². The summed E-state index contributed by atoms with van der Waals surface area (Å²) in [5.74, 6) is 0.299. The van der Waals surface area contributed by atoms with E-state index in [2.05, 4.69) is 83.4 Å². The van der Waals surface area contributed by atoms with E-state index in [1.807, 2.05) is 26.8 Å². The highest BCUT2D eigenvalue weighted by Gasteiger charge is 2.64. The van der Waals surface area contributed by atoms with Gasteiger partial charge in [0.1, 0.15) is 36.4 Å². The maximum absolute atomic E-state index is 14.1. The number of likely N-dealkylation sites (tertiary alicyclic amines) is 1. The molecular weight excluding hydrogens is 882 g/mol. The highest BCUT2D eigenvalue weighted by atomic mass is 35.5. The molecule has 2 aliphatic carbocycles. The number of ether oxygens (including phenoxy) is 2. The van der Waals surface area contributed by atoms with Crippen molar-refractivity contribution in [3.05, 3.63) is 88.1 Å². The number of ketones is 1. The van der Waals surface area contributed by atoms with Crippen LogP contribution in [0.1, 0.15) is 120 Å². The number of rotatable bonds is 17. The number of hydrogen-bond donors (Lipinski definition) is 3. The Balaban J connectivity index is 0.819. The summed E-state index contributed by atoms with van der Waals surface area (Å²) in [6.45, 7) is 18.3. The van der Waals surface area contributed by atoms with Crippen molar-refractivity contribution in [1.29, 1.82) is 5.26 Å². The van der Waals surface area contributed by atoms with Crippen LogP contribution < -0.4 is 20.3 Å². The van der Waals surface area contributed by atoms with Gasteiger partial charge in [-0.1, -0.05) is 97.2 Å². The molecular formula is C53H70ClN7O7. The van der Waals surface area contributed by atoms with E-state index in [0.717, 1.165) is 37.6 Å². The molecule has 2 aromatic carbocycles. The number of pyridine rings is 1. The van der Waals surface area contributed by atoms with Crippen molar-refractivity contribution < 1.29 is 33.8 Å². The molecule has 0 spiro atoms. The zero-order valence-corrected chi connectivity index (χ0v) is 41.6. The van der Waals surface area contributed by atoms with Gasteiger partial charge in [0.2, 0.25) is 11.8 Å².